The van der Waals surface area contributed by atoms with Gasteiger partial charge in [0.15, 0.2) is 0 Å². The van der Waals surface area contributed by atoms with Gasteiger partial charge in [0.25, 0.3) is 5.89 Å². The number of carboxylic acid groups (broad SMARTS) is 1. The lowest BCUT2D eigenvalue weighted by Crippen LogP contribution is -1.94. The van der Waals surface area contributed by atoms with E-state index in [-0.39, 0.29) is 16.5 Å². The smallest absolute Gasteiger partial charge is 0.335 e. The number of rotatable bonds is 5. The van der Waals surface area contributed by atoms with Gasteiger partial charge in [-0.3, -0.25) is 0 Å². The van der Waals surface area contributed by atoms with E-state index in [2.05, 4.69) is 17.1 Å². The third-order valence-corrected chi connectivity index (χ3v) is 3.97. The van der Waals surface area contributed by atoms with E-state index in [1.54, 1.807) is 18.2 Å². The molecule has 2 aromatic carbocycles. The molecule has 1 aromatic heterocycles. The predicted molar refractivity (Wildman–Crippen MR) is 96.2 cm³/mol. The van der Waals surface area contributed by atoms with E-state index in [1.165, 1.54) is 17.7 Å². The van der Waals surface area contributed by atoms with Gasteiger partial charge in [0.2, 0.25) is 5.82 Å². The minimum atomic E-state index is -0.975. The predicted octanol–water partition coefficient (Wildman–Crippen LogP) is 4.73. The Hall–Kier alpha value is -2.92. The van der Waals surface area contributed by atoms with Crippen LogP contribution in [0.5, 0.6) is 0 Å². The second-order valence-corrected chi connectivity index (χ2v) is 5.80. The summed E-state index contributed by atoms with van der Waals surface area (Å²) in [5.41, 5.74) is 3.03. The maximum atomic E-state index is 10.9. The first-order valence-electron chi connectivity index (χ1n) is 7.70. The number of aromatic nitrogens is 2. The Morgan fingerprint density at radius 3 is 2.44 bits per heavy atom. The Morgan fingerprint density at radius 2 is 1.84 bits per heavy atom. The average Bonchev–Trinajstić information content (AvgIpc) is 3.12. The Labute approximate surface area is 149 Å². The second kappa shape index (κ2) is 7.32. The van der Waals surface area contributed by atoms with E-state index in [4.69, 9.17) is 21.2 Å². The van der Waals surface area contributed by atoms with E-state index in [1.807, 2.05) is 24.3 Å². The molecule has 0 amide bonds. The van der Waals surface area contributed by atoms with Crippen molar-refractivity contribution in [3.63, 3.8) is 0 Å². The summed E-state index contributed by atoms with van der Waals surface area (Å²) in [5, 5.41) is 13.1. The van der Waals surface area contributed by atoms with Gasteiger partial charge in [-0.25, -0.2) is 4.79 Å². The topological polar surface area (TPSA) is 76.2 Å². The number of halogens is 1. The highest BCUT2D eigenvalue weighted by Gasteiger charge is 2.11. The normalized spacial score (nSPS) is 11.5. The van der Waals surface area contributed by atoms with Crippen molar-refractivity contribution >= 4 is 28.7 Å². The number of nitrogens with zero attached hydrogens (tertiary/aromatic N) is 2. The lowest BCUT2D eigenvalue weighted by Gasteiger charge is -1.97. The molecule has 0 unspecified atom stereocenters. The summed E-state index contributed by atoms with van der Waals surface area (Å²) in [5.74, 6) is -0.304. The molecule has 1 N–H and O–H groups in total. The molecule has 6 heteroatoms. The van der Waals surface area contributed by atoms with E-state index in [0.717, 1.165) is 17.5 Å². The highest BCUT2D eigenvalue weighted by molar-refractivity contribution is 6.50. The summed E-state index contributed by atoms with van der Waals surface area (Å²) in [6.07, 6.45) is 2.61. The van der Waals surface area contributed by atoms with Crippen LogP contribution in [-0.4, -0.2) is 21.2 Å². The zero-order valence-electron chi connectivity index (χ0n) is 13.4. The molecule has 0 aliphatic rings. The number of aromatic carboxylic acids is 1. The first-order chi connectivity index (χ1) is 12.1. The fourth-order valence-electron chi connectivity index (χ4n) is 2.26. The summed E-state index contributed by atoms with van der Waals surface area (Å²) in [7, 11) is 0. The van der Waals surface area contributed by atoms with Crippen LogP contribution in [0.2, 0.25) is 0 Å². The van der Waals surface area contributed by atoms with Crippen LogP contribution in [0.1, 0.15) is 34.3 Å². The van der Waals surface area contributed by atoms with Crippen LogP contribution in [0, 0.1) is 0 Å². The van der Waals surface area contributed by atoms with Crippen molar-refractivity contribution in [2.24, 2.45) is 0 Å². The second-order valence-electron chi connectivity index (χ2n) is 5.39. The summed E-state index contributed by atoms with van der Waals surface area (Å²) in [6, 6.07) is 14.3. The van der Waals surface area contributed by atoms with E-state index < -0.39 is 5.97 Å². The van der Waals surface area contributed by atoms with Crippen molar-refractivity contribution in [1.82, 2.24) is 10.1 Å². The Kier molecular flexibility index (Phi) is 4.95. The van der Waals surface area contributed by atoms with E-state index in [9.17, 15) is 4.79 Å². The van der Waals surface area contributed by atoms with Crippen LogP contribution in [0.3, 0.4) is 0 Å². The monoisotopic (exact) mass is 354 g/mol. The number of hydrogen-bond donors (Lipinski definition) is 1. The van der Waals surface area contributed by atoms with Crippen molar-refractivity contribution in [1.29, 1.82) is 0 Å². The molecule has 0 saturated carbocycles. The number of benzene rings is 2. The van der Waals surface area contributed by atoms with Gasteiger partial charge in [0.1, 0.15) is 5.03 Å². The molecule has 0 atom stereocenters. The Morgan fingerprint density at radius 1 is 1.16 bits per heavy atom. The van der Waals surface area contributed by atoms with Crippen molar-refractivity contribution in [3.8, 4) is 11.4 Å². The van der Waals surface area contributed by atoms with Crippen LogP contribution in [0.15, 0.2) is 53.1 Å². The van der Waals surface area contributed by atoms with Gasteiger partial charge in [-0.1, -0.05) is 60.1 Å². The highest BCUT2D eigenvalue weighted by atomic mass is 35.5. The maximum Gasteiger partial charge on any atom is 0.335 e. The third kappa shape index (κ3) is 3.95. The molecule has 0 aliphatic heterocycles. The number of carboxylic acids is 1. The zero-order chi connectivity index (χ0) is 17.8. The van der Waals surface area contributed by atoms with Gasteiger partial charge in [-0.15, -0.1) is 0 Å². The largest absolute Gasteiger partial charge is 0.478 e. The molecule has 0 radical (unpaired) electrons. The van der Waals surface area contributed by atoms with Gasteiger partial charge in [0.05, 0.1) is 5.56 Å². The van der Waals surface area contributed by atoms with Crippen LogP contribution in [0.25, 0.3) is 22.5 Å². The van der Waals surface area contributed by atoms with Gasteiger partial charge < -0.3 is 9.63 Å². The van der Waals surface area contributed by atoms with Crippen LogP contribution in [0.4, 0.5) is 0 Å². The minimum absolute atomic E-state index is 0.207. The molecular formula is C19H15ClN2O3. The van der Waals surface area contributed by atoms with Gasteiger partial charge >= 0.3 is 5.97 Å². The first-order valence-corrected chi connectivity index (χ1v) is 8.08. The van der Waals surface area contributed by atoms with Crippen molar-refractivity contribution in [3.05, 3.63) is 71.1 Å². The molecular weight excluding hydrogens is 340 g/mol. The molecule has 126 valence electrons. The number of aryl methyl sites for hydroxylation is 1. The van der Waals surface area contributed by atoms with Crippen LogP contribution >= 0.6 is 11.6 Å². The molecule has 0 saturated heterocycles. The summed E-state index contributed by atoms with van der Waals surface area (Å²) >= 11 is 6.24. The van der Waals surface area contributed by atoms with Crippen molar-refractivity contribution < 1.29 is 14.4 Å². The lowest BCUT2D eigenvalue weighted by atomic mass is 10.1. The molecule has 0 bridgehead atoms. The Balaban J connectivity index is 1.81. The van der Waals surface area contributed by atoms with Crippen LogP contribution in [-0.2, 0) is 6.42 Å². The summed E-state index contributed by atoms with van der Waals surface area (Å²) < 4.78 is 5.22. The first kappa shape index (κ1) is 16.9. The lowest BCUT2D eigenvalue weighted by molar-refractivity contribution is 0.0697. The summed E-state index contributed by atoms with van der Waals surface area (Å²) in [4.78, 5) is 15.2. The fraction of sp³-hybridized carbons (Fsp3) is 0.105. The van der Waals surface area contributed by atoms with Gasteiger partial charge in [-0.05, 0) is 35.8 Å². The number of hydrogen-bond acceptors (Lipinski definition) is 4. The molecule has 0 fully saturated rings. The molecule has 25 heavy (non-hydrogen) atoms. The quantitative estimate of drug-likeness (QED) is 0.716. The van der Waals surface area contributed by atoms with Crippen LogP contribution < -0.4 is 0 Å². The van der Waals surface area contributed by atoms with Gasteiger partial charge in [-0.2, -0.15) is 4.98 Å². The zero-order valence-corrected chi connectivity index (χ0v) is 14.2. The van der Waals surface area contributed by atoms with E-state index >= 15 is 0 Å². The molecule has 3 aromatic rings. The standard InChI is InChI=1S/C19H15ClN2O3/c1-2-12-3-7-14(8-4-12)17-21-18(25-22-17)16(20)11-13-5-9-15(10-6-13)19(23)24/h3-11H,2H2,1H3,(H,23,24)/b16-11-. The number of carbonyl (C=O) groups is 1. The van der Waals surface area contributed by atoms with E-state index in [0.29, 0.717) is 5.82 Å². The molecule has 1 heterocycles. The SMILES string of the molecule is CCc1ccc(-c2noc(/C(Cl)=C/c3ccc(C(=O)O)cc3)n2)cc1. The maximum absolute atomic E-state index is 10.9. The molecule has 3 rings (SSSR count). The summed E-state index contributed by atoms with van der Waals surface area (Å²) in [6.45, 7) is 2.09. The fourth-order valence-corrected chi connectivity index (χ4v) is 2.46. The molecule has 5 nitrogen and oxygen atoms in total. The third-order valence-electron chi connectivity index (χ3n) is 3.70. The molecule has 0 spiro atoms. The van der Waals surface area contributed by atoms with Crippen molar-refractivity contribution in [2.45, 2.75) is 13.3 Å². The van der Waals surface area contributed by atoms with Crippen molar-refractivity contribution in [2.75, 3.05) is 0 Å². The molecule has 0 aliphatic carbocycles. The average molecular weight is 355 g/mol. The van der Waals surface area contributed by atoms with Gasteiger partial charge in [0, 0.05) is 5.56 Å². The Bertz CT molecular complexity index is 913. The minimum Gasteiger partial charge on any atom is -0.478 e. The highest BCUT2D eigenvalue weighted by Crippen LogP contribution is 2.24.